The van der Waals surface area contributed by atoms with E-state index in [1.807, 2.05) is 6.92 Å². The van der Waals surface area contributed by atoms with Crippen LogP contribution in [0.2, 0.25) is 0 Å². The molecule has 0 atom stereocenters. The van der Waals surface area contributed by atoms with Crippen LogP contribution in [-0.4, -0.2) is 46.4 Å². The summed E-state index contributed by atoms with van der Waals surface area (Å²) < 4.78 is 32.0. The summed E-state index contributed by atoms with van der Waals surface area (Å²) in [5.41, 5.74) is 0.0269. The molecular weight excluding hydrogens is 538 g/mol. The number of hydrogen-bond acceptors (Lipinski definition) is 11. The number of anilines is 1. The maximum Gasteiger partial charge on any atom is 0.344 e. The van der Waals surface area contributed by atoms with Crippen molar-refractivity contribution >= 4 is 54.9 Å². The number of ether oxygens (including phenoxy) is 1. The van der Waals surface area contributed by atoms with Crippen molar-refractivity contribution in [1.29, 1.82) is 0 Å². The molecule has 1 N–H and O–H groups in total. The molecule has 3 aromatic heterocycles. The van der Waals surface area contributed by atoms with Crippen molar-refractivity contribution in [2.75, 3.05) is 11.9 Å². The van der Waals surface area contributed by atoms with Crippen LogP contribution in [0.4, 0.5) is 10.8 Å². The minimum absolute atomic E-state index is 0.0768. The second kappa shape index (κ2) is 10.5. The number of non-ortho nitro benzene ring substituents is 1. The van der Waals surface area contributed by atoms with E-state index < -0.39 is 38.7 Å². The van der Waals surface area contributed by atoms with Crippen LogP contribution in [0.3, 0.4) is 0 Å². The van der Waals surface area contributed by atoms with Gasteiger partial charge in [0, 0.05) is 30.6 Å². The number of rotatable bonds is 8. The molecule has 13 nitrogen and oxygen atoms in total. The molecule has 0 bridgehead atoms. The van der Waals surface area contributed by atoms with Gasteiger partial charge in [0.2, 0.25) is 15.3 Å². The van der Waals surface area contributed by atoms with E-state index in [1.165, 1.54) is 6.20 Å². The largest absolute Gasteiger partial charge is 0.452 e. The number of esters is 1. The van der Waals surface area contributed by atoms with Crippen molar-refractivity contribution < 1.29 is 27.7 Å². The molecule has 0 saturated heterocycles. The molecule has 38 heavy (non-hydrogen) atoms. The maximum atomic E-state index is 12.8. The second-order valence-corrected chi connectivity index (χ2v) is 11.1. The van der Waals surface area contributed by atoms with E-state index in [1.54, 1.807) is 23.6 Å². The fourth-order valence-electron chi connectivity index (χ4n) is 3.42. The zero-order valence-electron chi connectivity index (χ0n) is 19.9. The lowest BCUT2D eigenvalue weighted by molar-refractivity contribution is -0.384. The number of aryl methyl sites for hydroxylation is 2. The molecule has 0 unspecified atom stereocenters. The van der Waals surface area contributed by atoms with Gasteiger partial charge in [-0.25, -0.2) is 23.2 Å². The van der Waals surface area contributed by atoms with Gasteiger partial charge in [-0.3, -0.25) is 25.0 Å². The van der Waals surface area contributed by atoms with Gasteiger partial charge in [0.15, 0.2) is 11.7 Å². The standard InChI is InChI=1S/C23H19N5O8S2/c1-3-27-11-17(20(30)16-9-4-13(2)25-21(16)27)22(31)36-12-18(29)26-23-24-10-19(37-23)38(34,35)15-7-5-14(6-8-15)28(32)33/h4-11H,3,12H2,1-2H3,(H,24,26,29). The van der Waals surface area contributed by atoms with Crippen molar-refractivity contribution in [2.45, 2.75) is 29.5 Å². The van der Waals surface area contributed by atoms with Crippen LogP contribution in [0.25, 0.3) is 11.0 Å². The van der Waals surface area contributed by atoms with Gasteiger partial charge in [0.25, 0.3) is 11.6 Å². The number of nitrogens with one attached hydrogen (secondary N) is 1. The van der Waals surface area contributed by atoms with E-state index in [0.29, 0.717) is 29.2 Å². The number of aromatic nitrogens is 3. The number of amides is 1. The molecule has 15 heteroatoms. The number of carbonyl (C=O) groups excluding carboxylic acids is 2. The molecule has 1 amide bonds. The van der Waals surface area contributed by atoms with E-state index in [2.05, 4.69) is 15.3 Å². The van der Waals surface area contributed by atoms with Gasteiger partial charge in [-0.1, -0.05) is 11.3 Å². The van der Waals surface area contributed by atoms with Gasteiger partial charge >= 0.3 is 5.97 Å². The average molecular weight is 558 g/mol. The Morgan fingerprint density at radius 1 is 1.18 bits per heavy atom. The van der Waals surface area contributed by atoms with E-state index >= 15 is 0 Å². The van der Waals surface area contributed by atoms with Crippen LogP contribution in [0.5, 0.6) is 0 Å². The Labute approximate surface area is 218 Å². The van der Waals surface area contributed by atoms with Crippen LogP contribution in [-0.2, 0) is 25.9 Å². The van der Waals surface area contributed by atoms with Gasteiger partial charge in [-0.15, -0.1) is 0 Å². The summed E-state index contributed by atoms with van der Waals surface area (Å²) >= 11 is 0.648. The average Bonchev–Trinajstić information content (AvgIpc) is 3.37. The monoisotopic (exact) mass is 557 g/mol. The molecule has 0 aliphatic carbocycles. The van der Waals surface area contributed by atoms with E-state index in [9.17, 15) is 32.9 Å². The van der Waals surface area contributed by atoms with Gasteiger partial charge in [0.05, 0.1) is 21.4 Å². The molecule has 0 saturated carbocycles. The zero-order valence-corrected chi connectivity index (χ0v) is 21.5. The Morgan fingerprint density at radius 2 is 1.89 bits per heavy atom. The Balaban J connectivity index is 1.44. The number of benzene rings is 1. The third-order valence-electron chi connectivity index (χ3n) is 5.31. The minimum Gasteiger partial charge on any atom is -0.452 e. The molecule has 3 heterocycles. The molecular formula is C23H19N5O8S2. The number of thiazole rings is 1. The lowest BCUT2D eigenvalue weighted by Crippen LogP contribution is -2.25. The summed E-state index contributed by atoms with van der Waals surface area (Å²) in [6.07, 6.45) is 2.36. The first-order chi connectivity index (χ1) is 18.0. The Kier molecular flexibility index (Phi) is 7.32. The highest BCUT2D eigenvalue weighted by Crippen LogP contribution is 2.29. The second-order valence-electron chi connectivity index (χ2n) is 7.84. The van der Waals surface area contributed by atoms with Crippen molar-refractivity contribution in [3.63, 3.8) is 0 Å². The van der Waals surface area contributed by atoms with E-state index in [0.717, 1.165) is 30.5 Å². The molecule has 0 fully saturated rings. The van der Waals surface area contributed by atoms with Gasteiger partial charge in [0.1, 0.15) is 15.4 Å². The number of nitro benzene ring substituents is 1. The zero-order chi connectivity index (χ0) is 27.6. The molecule has 0 spiro atoms. The normalized spacial score (nSPS) is 11.3. The third kappa shape index (κ3) is 5.28. The summed E-state index contributed by atoms with van der Waals surface area (Å²) in [5, 5.41) is 13.3. The van der Waals surface area contributed by atoms with Crippen LogP contribution in [0, 0.1) is 17.0 Å². The van der Waals surface area contributed by atoms with Gasteiger partial charge in [-0.05, 0) is 38.1 Å². The smallest absolute Gasteiger partial charge is 0.344 e. The SMILES string of the molecule is CCn1cc(C(=O)OCC(=O)Nc2ncc(S(=O)(=O)c3ccc([N+](=O)[O-])cc3)s2)c(=O)c2ccc(C)nc21. The predicted molar refractivity (Wildman–Crippen MR) is 136 cm³/mol. The van der Waals surface area contributed by atoms with Crippen molar-refractivity contribution in [3.05, 3.63) is 80.4 Å². The fraction of sp³-hybridized carbons (Fsp3) is 0.174. The number of nitro groups is 1. The van der Waals surface area contributed by atoms with Crippen molar-refractivity contribution in [3.8, 4) is 0 Å². The summed E-state index contributed by atoms with van der Waals surface area (Å²) in [6.45, 7) is 3.28. The first-order valence-corrected chi connectivity index (χ1v) is 13.2. The Morgan fingerprint density at radius 3 is 2.55 bits per heavy atom. The summed E-state index contributed by atoms with van der Waals surface area (Å²) in [6, 6.07) is 7.54. The summed E-state index contributed by atoms with van der Waals surface area (Å²) in [7, 11) is -4.04. The Bertz CT molecular complexity index is 1740. The number of hydrogen-bond donors (Lipinski definition) is 1. The molecule has 0 radical (unpaired) electrons. The molecule has 0 aliphatic heterocycles. The van der Waals surface area contributed by atoms with Crippen molar-refractivity contribution in [1.82, 2.24) is 14.5 Å². The molecule has 0 aliphatic rings. The predicted octanol–water partition coefficient (Wildman–Crippen LogP) is 2.72. The fourth-order valence-corrected chi connectivity index (χ4v) is 5.86. The van der Waals surface area contributed by atoms with Crippen LogP contribution in [0.1, 0.15) is 23.0 Å². The van der Waals surface area contributed by atoms with E-state index in [-0.39, 0.29) is 30.9 Å². The lowest BCUT2D eigenvalue weighted by atomic mass is 10.2. The molecule has 4 aromatic rings. The topological polar surface area (TPSA) is 180 Å². The molecule has 1 aromatic carbocycles. The Hall–Kier alpha value is -4.50. The quantitative estimate of drug-likeness (QED) is 0.192. The van der Waals surface area contributed by atoms with Crippen LogP contribution >= 0.6 is 11.3 Å². The molecule has 196 valence electrons. The first kappa shape index (κ1) is 26.6. The lowest BCUT2D eigenvalue weighted by Gasteiger charge is -2.11. The number of sulfone groups is 1. The van der Waals surface area contributed by atoms with Gasteiger partial charge in [-0.2, -0.15) is 0 Å². The molecule has 4 rings (SSSR count). The van der Waals surface area contributed by atoms with Crippen LogP contribution in [0.15, 0.2) is 62.7 Å². The number of nitrogens with zero attached hydrogens (tertiary/aromatic N) is 4. The highest BCUT2D eigenvalue weighted by molar-refractivity contribution is 7.93. The maximum absolute atomic E-state index is 12.8. The van der Waals surface area contributed by atoms with Gasteiger partial charge < -0.3 is 9.30 Å². The highest BCUT2D eigenvalue weighted by Gasteiger charge is 2.23. The number of fused-ring (bicyclic) bond motifs is 1. The van der Waals surface area contributed by atoms with E-state index in [4.69, 9.17) is 4.74 Å². The highest BCUT2D eigenvalue weighted by atomic mass is 32.2. The minimum atomic E-state index is -4.04. The third-order valence-corrected chi connectivity index (χ3v) is 8.45. The number of carbonyl (C=O) groups is 2. The summed E-state index contributed by atoms with van der Waals surface area (Å²) in [4.78, 5) is 55.8. The number of pyridine rings is 2. The first-order valence-electron chi connectivity index (χ1n) is 10.9. The van der Waals surface area contributed by atoms with Crippen LogP contribution < -0.4 is 10.7 Å². The summed E-state index contributed by atoms with van der Waals surface area (Å²) in [5.74, 6) is -1.81. The van der Waals surface area contributed by atoms with Crippen molar-refractivity contribution in [2.24, 2.45) is 0 Å².